The topological polar surface area (TPSA) is 47.9 Å². The first-order valence-corrected chi connectivity index (χ1v) is 5.67. The minimum Gasteiger partial charge on any atom is -0.390 e. The number of fused-ring (bicyclic) bond motifs is 3. The van der Waals surface area contributed by atoms with E-state index in [1.54, 1.807) is 0 Å². The van der Waals surface area contributed by atoms with Crippen LogP contribution in [0.15, 0.2) is 0 Å². The van der Waals surface area contributed by atoms with Crippen LogP contribution in [0, 0.1) is 11.8 Å². The summed E-state index contributed by atoms with van der Waals surface area (Å²) in [5, 5.41) is 9.82. The Kier molecular flexibility index (Phi) is 1.97. The SMILES string of the molecule is C[C@@H]1C[C@@H](O)[C@H]2O[C@@H]3OC(C)(C)O[C@@H]3[C@H]21. The molecule has 4 nitrogen and oxygen atoms in total. The largest absolute Gasteiger partial charge is 0.390 e. The smallest absolute Gasteiger partial charge is 0.187 e. The van der Waals surface area contributed by atoms with E-state index in [1.807, 2.05) is 13.8 Å². The van der Waals surface area contributed by atoms with E-state index in [9.17, 15) is 5.11 Å². The van der Waals surface area contributed by atoms with Crippen molar-refractivity contribution in [1.29, 1.82) is 0 Å². The van der Waals surface area contributed by atoms with E-state index in [2.05, 4.69) is 6.92 Å². The third-order valence-electron chi connectivity index (χ3n) is 3.79. The van der Waals surface area contributed by atoms with Crippen LogP contribution in [0.25, 0.3) is 0 Å². The van der Waals surface area contributed by atoms with Gasteiger partial charge in [0, 0.05) is 5.92 Å². The van der Waals surface area contributed by atoms with E-state index in [-0.39, 0.29) is 30.5 Å². The van der Waals surface area contributed by atoms with Gasteiger partial charge in [0.05, 0.1) is 12.2 Å². The monoisotopic (exact) mass is 214 g/mol. The van der Waals surface area contributed by atoms with Gasteiger partial charge in [-0.2, -0.15) is 0 Å². The highest BCUT2D eigenvalue weighted by atomic mass is 16.8. The van der Waals surface area contributed by atoms with Crippen molar-refractivity contribution < 1.29 is 19.3 Å². The highest BCUT2D eigenvalue weighted by Gasteiger charge is 2.60. The fourth-order valence-corrected chi connectivity index (χ4v) is 3.22. The van der Waals surface area contributed by atoms with Crippen LogP contribution in [-0.2, 0) is 14.2 Å². The van der Waals surface area contributed by atoms with Crippen LogP contribution < -0.4 is 0 Å². The van der Waals surface area contributed by atoms with Gasteiger partial charge in [-0.15, -0.1) is 0 Å². The summed E-state index contributed by atoms with van der Waals surface area (Å²) >= 11 is 0. The normalized spacial score (nSPS) is 56.8. The molecular weight excluding hydrogens is 196 g/mol. The van der Waals surface area contributed by atoms with Gasteiger partial charge in [-0.05, 0) is 26.2 Å². The molecule has 86 valence electrons. The molecule has 2 heterocycles. The third-order valence-corrected chi connectivity index (χ3v) is 3.79. The first-order valence-electron chi connectivity index (χ1n) is 5.67. The maximum absolute atomic E-state index is 9.82. The van der Waals surface area contributed by atoms with Crippen molar-refractivity contribution in [2.45, 2.75) is 57.6 Å². The number of hydrogen-bond donors (Lipinski definition) is 1. The molecule has 2 aliphatic heterocycles. The zero-order chi connectivity index (χ0) is 10.8. The Balaban J connectivity index is 1.84. The highest BCUT2D eigenvalue weighted by Crippen LogP contribution is 2.49. The van der Waals surface area contributed by atoms with Crippen molar-refractivity contribution in [1.82, 2.24) is 0 Å². The maximum Gasteiger partial charge on any atom is 0.187 e. The molecule has 1 saturated carbocycles. The molecule has 0 aromatic rings. The molecule has 0 amide bonds. The van der Waals surface area contributed by atoms with Gasteiger partial charge >= 0.3 is 0 Å². The predicted molar refractivity (Wildman–Crippen MR) is 52.0 cm³/mol. The van der Waals surface area contributed by atoms with E-state index in [1.165, 1.54) is 0 Å². The summed E-state index contributed by atoms with van der Waals surface area (Å²) in [5.74, 6) is 0.178. The number of rotatable bonds is 0. The van der Waals surface area contributed by atoms with E-state index < -0.39 is 5.79 Å². The molecule has 0 bridgehead atoms. The zero-order valence-electron chi connectivity index (χ0n) is 9.34. The summed E-state index contributed by atoms with van der Waals surface area (Å²) in [6.45, 7) is 5.95. The molecule has 1 N–H and O–H groups in total. The lowest BCUT2D eigenvalue weighted by molar-refractivity contribution is -0.215. The van der Waals surface area contributed by atoms with E-state index in [0.717, 1.165) is 6.42 Å². The van der Waals surface area contributed by atoms with E-state index >= 15 is 0 Å². The van der Waals surface area contributed by atoms with Crippen molar-refractivity contribution in [2.75, 3.05) is 0 Å². The minimum atomic E-state index is -0.548. The van der Waals surface area contributed by atoms with Crippen LogP contribution in [0.2, 0.25) is 0 Å². The third kappa shape index (κ3) is 1.35. The molecule has 0 aromatic carbocycles. The molecule has 1 aliphatic carbocycles. The predicted octanol–water partition coefficient (Wildman–Crippen LogP) is 0.880. The van der Waals surface area contributed by atoms with Crippen molar-refractivity contribution in [2.24, 2.45) is 11.8 Å². The Morgan fingerprint density at radius 2 is 1.93 bits per heavy atom. The second kappa shape index (κ2) is 2.94. The average molecular weight is 214 g/mol. The molecule has 4 heteroatoms. The molecule has 0 radical (unpaired) electrons. The van der Waals surface area contributed by atoms with Crippen molar-refractivity contribution in [3.63, 3.8) is 0 Å². The van der Waals surface area contributed by atoms with Gasteiger partial charge < -0.3 is 19.3 Å². The fraction of sp³-hybridized carbons (Fsp3) is 1.00. The standard InChI is InChI=1S/C11H18O4/c1-5-4-6(12)8-7(5)9-10(13-8)15-11(2,3)14-9/h5-10,12H,4H2,1-3H3/t5-,6-,7+,8-,9-,10-/m1/s1. The molecule has 3 rings (SSSR count). The number of aliphatic hydroxyl groups is 1. The van der Waals surface area contributed by atoms with Crippen molar-refractivity contribution in [3.05, 3.63) is 0 Å². The Labute approximate surface area is 89.5 Å². The van der Waals surface area contributed by atoms with Crippen LogP contribution in [0.5, 0.6) is 0 Å². The maximum atomic E-state index is 9.82. The molecular formula is C11H18O4. The van der Waals surface area contributed by atoms with Crippen LogP contribution in [0.3, 0.4) is 0 Å². The summed E-state index contributed by atoms with van der Waals surface area (Å²) in [6, 6.07) is 0. The minimum absolute atomic E-state index is 0.00264. The summed E-state index contributed by atoms with van der Waals surface area (Å²) in [6.07, 6.45) is 0.0732. The molecule has 3 fully saturated rings. The van der Waals surface area contributed by atoms with Crippen LogP contribution in [0.4, 0.5) is 0 Å². The van der Waals surface area contributed by atoms with Crippen LogP contribution in [0.1, 0.15) is 27.2 Å². The Morgan fingerprint density at radius 3 is 2.67 bits per heavy atom. The Hall–Kier alpha value is -0.160. The van der Waals surface area contributed by atoms with Gasteiger partial charge in [0.1, 0.15) is 6.10 Å². The second-order valence-corrected chi connectivity index (χ2v) is 5.43. The molecule has 6 atom stereocenters. The van der Waals surface area contributed by atoms with Gasteiger partial charge in [-0.25, -0.2) is 0 Å². The van der Waals surface area contributed by atoms with E-state index in [0.29, 0.717) is 5.92 Å². The van der Waals surface area contributed by atoms with Crippen LogP contribution in [-0.4, -0.2) is 35.5 Å². The summed E-state index contributed by atoms with van der Waals surface area (Å²) in [4.78, 5) is 0. The van der Waals surface area contributed by atoms with Crippen molar-refractivity contribution in [3.8, 4) is 0 Å². The van der Waals surface area contributed by atoms with Gasteiger partial charge in [0.2, 0.25) is 0 Å². The molecule has 3 aliphatic rings. The van der Waals surface area contributed by atoms with Crippen LogP contribution >= 0.6 is 0 Å². The fourth-order valence-electron chi connectivity index (χ4n) is 3.22. The Morgan fingerprint density at radius 1 is 1.20 bits per heavy atom. The number of ether oxygens (including phenoxy) is 3. The molecule has 15 heavy (non-hydrogen) atoms. The second-order valence-electron chi connectivity index (χ2n) is 5.43. The highest BCUT2D eigenvalue weighted by molar-refractivity contribution is 5.02. The quantitative estimate of drug-likeness (QED) is 0.650. The average Bonchev–Trinajstić information content (AvgIpc) is 2.62. The summed E-state index contributed by atoms with van der Waals surface area (Å²) < 4.78 is 17.2. The molecule has 2 saturated heterocycles. The van der Waals surface area contributed by atoms with E-state index in [4.69, 9.17) is 14.2 Å². The summed E-state index contributed by atoms with van der Waals surface area (Å²) in [7, 11) is 0. The molecule has 0 unspecified atom stereocenters. The first kappa shape index (κ1) is 10.0. The van der Waals surface area contributed by atoms with Gasteiger partial charge in [-0.3, -0.25) is 0 Å². The molecule has 0 spiro atoms. The lowest BCUT2D eigenvalue weighted by Gasteiger charge is -2.23. The first-order chi connectivity index (χ1) is 6.98. The number of hydrogen-bond acceptors (Lipinski definition) is 4. The summed E-state index contributed by atoms with van der Waals surface area (Å²) in [5.41, 5.74) is 0. The number of aliphatic hydroxyl groups excluding tert-OH is 1. The lowest BCUT2D eigenvalue weighted by Crippen LogP contribution is -2.32. The van der Waals surface area contributed by atoms with Gasteiger partial charge in [-0.1, -0.05) is 6.92 Å². The Bertz CT molecular complexity index is 278. The zero-order valence-corrected chi connectivity index (χ0v) is 9.34. The van der Waals surface area contributed by atoms with Crippen molar-refractivity contribution >= 4 is 0 Å². The van der Waals surface area contributed by atoms with Gasteiger partial charge in [0.25, 0.3) is 0 Å². The van der Waals surface area contributed by atoms with Gasteiger partial charge in [0.15, 0.2) is 12.1 Å². The lowest BCUT2D eigenvalue weighted by atomic mass is 9.92. The molecule has 0 aromatic heterocycles.